The monoisotopic (exact) mass is 467 g/mol. The number of carbonyl (C=O) groups is 2. The molecule has 1 saturated heterocycles. The number of guanidine groups is 1. The number of carboxylic acid groups (broad SMARTS) is 1. The summed E-state index contributed by atoms with van der Waals surface area (Å²) < 4.78 is 0. The zero-order valence-electron chi connectivity index (χ0n) is 19.4. The van der Waals surface area contributed by atoms with E-state index >= 15 is 0 Å². The van der Waals surface area contributed by atoms with Crippen molar-refractivity contribution >= 4 is 17.8 Å². The molecule has 2 aromatic rings. The van der Waals surface area contributed by atoms with Crippen molar-refractivity contribution in [2.24, 2.45) is 28.5 Å². The molecule has 0 radical (unpaired) electrons. The molecular formula is C25H33N5O4. The first-order chi connectivity index (χ1) is 16.3. The summed E-state index contributed by atoms with van der Waals surface area (Å²) in [6.07, 6.45) is 2.04. The third kappa shape index (κ3) is 6.05. The molecular weight excluding hydrogens is 434 g/mol. The molecule has 0 aromatic heterocycles. The van der Waals surface area contributed by atoms with Gasteiger partial charge in [0.2, 0.25) is 5.96 Å². The van der Waals surface area contributed by atoms with Crippen molar-refractivity contribution in [1.29, 1.82) is 0 Å². The Bertz CT molecular complexity index is 1030. The number of benzene rings is 2. The summed E-state index contributed by atoms with van der Waals surface area (Å²) in [4.78, 5) is 26.9. The first-order valence-corrected chi connectivity index (χ1v) is 11.5. The Labute approximate surface area is 199 Å². The summed E-state index contributed by atoms with van der Waals surface area (Å²) in [7, 11) is 0. The van der Waals surface area contributed by atoms with E-state index in [-0.39, 0.29) is 24.3 Å². The van der Waals surface area contributed by atoms with Crippen molar-refractivity contribution in [1.82, 2.24) is 10.2 Å². The van der Waals surface area contributed by atoms with E-state index in [9.17, 15) is 14.7 Å². The Morgan fingerprint density at radius 2 is 1.94 bits per heavy atom. The summed E-state index contributed by atoms with van der Waals surface area (Å²) in [5.74, 6) is -2.00. The third-order valence-corrected chi connectivity index (χ3v) is 6.49. The van der Waals surface area contributed by atoms with Crippen LogP contribution in [0.1, 0.15) is 42.1 Å². The van der Waals surface area contributed by atoms with Crippen LogP contribution in [0.4, 0.5) is 0 Å². The number of carbonyl (C=O) groups excluding carboxylic acids is 1. The van der Waals surface area contributed by atoms with Crippen LogP contribution in [0.5, 0.6) is 0 Å². The van der Waals surface area contributed by atoms with E-state index in [0.717, 1.165) is 24.0 Å². The molecule has 1 aliphatic heterocycles. The molecule has 9 nitrogen and oxygen atoms in total. The highest BCUT2D eigenvalue weighted by molar-refractivity contribution is 5.96. The Kier molecular flexibility index (Phi) is 8.48. The number of nitrogens with zero attached hydrogens (tertiary/aromatic N) is 2. The maximum Gasteiger partial charge on any atom is 0.308 e. The molecule has 0 spiro atoms. The number of hydrogen-bond acceptors (Lipinski definition) is 5. The van der Waals surface area contributed by atoms with Gasteiger partial charge in [-0.1, -0.05) is 41.6 Å². The molecule has 2 aromatic carbocycles. The van der Waals surface area contributed by atoms with E-state index in [4.69, 9.17) is 16.7 Å². The minimum absolute atomic E-state index is 0.0335. The number of nitrogens with two attached hydrogens (primary N) is 2. The fourth-order valence-corrected chi connectivity index (χ4v) is 4.59. The Morgan fingerprint density at radius 1 is 1.21 bits per heavy atom. The number of nitrogens with one attached hydrogen (secondary N) is 1. The number of aliphatic carboxylic acids is 1. The minimum atomic E-state index is -0.966. The summed E-state index contributed by atoms with van der Waals surface area (Å²) in [6.45, 7) is 3.07. The molecule has 0 saturated carbocycles. The average Bonchev–Trinajstić information content (AvgIpc) is 2.86. The van der Waals surface area contributed by atoms with Crippen LogP contribution in [-0.4, -0.2) is 52.2 Å². The van der Waals surface area contributed by atoms with Gasteiger partial charge in [0.25, 0.3) is 5.91 Å². The van der Waals surface area contributed by atoms with Crippen molar-refractivity contribution < 1.29 is 19.9 Å². The fourth-order valence-electron chi connectivity index (χ4n) is 4.59. The maximum absolute atomic E-state index is 13.1. The molecule has 0 bridgehead atoms. The van der Waals surface area contributed by atoms with Crippen molar-refractivity contribution in [3.8, 4) is 11.1 Å². The number of carboxylic acids is 1. The van der Waals surface area contributed by atoms with E-state index in [0.29, 0.717) is 30.6 Å². The second-order valence-electron chi connectivity index (χ2n) is 8.80. The lowest BCUT2D eigenvalue weighted by Crippen LogP contribution is -2.47. The molecule has 0 aliphatic carbocycles. The van der Waals surface area contributed by atoms with E-state index in [1.54, 1.807) is 17.9 Å². The Morgan fingerprint density at radius 3 is 2.59 bits per heavy atom. The normalized spacial score (nSPS) is 18.2. The highest BCUT2D eigenvalue weighted by Crippen LogP contribution is 2.26. The van der Waals surface area contributed by atoms with Crippen LogP contribution in [0.15, 0.2) is 53.7 Å². The van der Waals surface area contributed by atoms with Gasteiger partial charge in [-0.3, -0.25) is 9.59 Å². The predicted octanol–water partition coefficient (Wildman–Crippen LogP) is 2.44. The smallest absolute Gasteiger partial charge is 0.308 e. The Hall–Kier alpha value is -3.59. The molecule has 3 unspecified atom stereocenters. The van der Waals surface area contributed by atoms with Gasteiger partial charge in [0, 0.05) is 31.2 Å². The lowest BCUT2D eigenvalue weighted by molar-refractivity contribution is -0.143. The minimum Gasteiger partial charge on any atom is -0.481 e. The Balaban J connectivity index is 1.70. The summed E-state index contributed by atoms with van der Waals surface area (Å²) in [5.41, 5.74) is 14.8. The van der Waals surface area contributed by atoms with Gasteiger partial charge in [-0.2, -0.15) is 0 Å². The third-order valence-electron chi connectivity index (χ3n) is 6.49. The molecule has 1 aliphatic rings. The van der Waals surface area contributed by atoms with Crippen LogP contribution in [0.2, 0.25) is 0 Å². The predicted molar refractivity (Wildman–Crippen MR) is 130 cm³/mol. The first kappa shape index (κ1) is 25.0. The van der Waals surface area contributed by atoms with E-state index in [2.05, 4.69) is 10.5 Å². The number of piperidine rings is 1. The van der Waals surface area contributed by atoms with Crippen molar-refractivity contribution in [3.63, 3.8) is 0 Å². The second kappa shape index (κ2) is 11.5. The van der Waals surface area contributed by atoms with Crippen LogP contribution in [0.3, 0.4) is 0 Å². The van der Waals surface area contributed by atoms with Gasteiger partial charge in [-0.15, -0.1) is 0 Å². The number of hydrogen-bond donors (Lipinski definition) is 5. The van der Waals surface area contributed by atoms with Crippen LogP contribution in [0.25, 0.3) is 11.1 Å². The summed E-state index contributed by atoms with van der Waals surface area (Å²) >= 11 is 0. The molecule has 1 amide bonds. The van der Waals surface area contributed by atoms with Gasteiger partial charge in [0.15, 0.2) is 0 Å². The van der Waals surface area contributed by atoms with Gasteiger partial charge >= 0.3 is 5.97 Å². The van der Waals surface area contributed by atoms with Gasteiger partial charge in [0.05, 0.1) is 5.92 Å². The van der Waals surface area contributed by atoms with E-state index < -0.39 is 17.9 Å². The van der Waals surface area contributed by atoms with Gasteiger partial charge < -0.3 is 32.0 Å². The van der Waals surface area contributed by atoms with Crippen molar-refractivity contribution in [2.75, 3.05) is 13.1 Å². The highest BCUT2D eigenvalue weighted by atomic mass is 16.4. The summed E-state index contributed by atoms with van der Waals surface area (Å²) in [6, 6.07) is 14.7. The highest BCUT2D eigenvalue weighted by Gasteiger charge is 2.32. The fraction of sp³-hybridized carbons (Fsp3) is 0.400. The van der Waals surface area contributed by atoms with Crippen molar-refractivity contribution in [2.45, 2.75) is 38.8 Å². The van der Waals surface area contributed by atoms with Gasteiger partial charge in [0.1, 0.15) is 0 Å². The molecule has 182 valence electrons. The van der Waals surface area contributed by atoms with Crippen molar-refractivity contribution in [3.05, 3.63) is 59.7 Å². The first-order valence-electron chi connectivity index (χ1n) is 11.5. The average molecular weight is 468 g/mol. The maximum atomic E-state index is 13.1. The second-order valence-corrected chi connectivity index (χ2v) is 8.80. The van der Waals surface area contributed by atoms with Crippen LogP contribution < -0.4 is 16.8 Å². The molecule has 34 heavy (non-hydrogen) atoms. The molecule has 7 N–H and O–H groups in total. The molecule has 1 heterocycles. The zero-order valence-corrected chi connectivity index (χ0v) is 19.4. The topological polar surface area (TPSA) is 154 Å². The number of oxime groups is 1. The van der Waals surface area contributed by atoms with Crippen LogP contribution in [-0.2, 0) is 11.3 Å². The summed E-state index contributed by atoms with van der Waals surface area (Å²) in [5, 5.41) is 24.7. The largest absolute Gasteiger partial charge is 0.481 e. The van der Waals surface area contributed by atoms with E-state index in [1.807, 2.05) is 42.5 Å². The quantitative estimate of drug-likeness (QED) is 0.173. The standard InChI is InChI=1S/C25H33N5O4/c1-16(22(24(32)33)12-17-6-5-11-30(15-17)25(27)29-34)28-23(31)21-10-9-19(13-20(21)14-26)18-7-3-2-4-8-18/h2-4,7-10,13,16-17,22,34H,5-6,11-12,14-15,26H2,1H3,(H2,27,29)(H,28,31)(H,32,33). The molecule has 3 rings (SSSR count). The molecule has 1 fully saturated rings. The van der Waals surface area contributed by atoms with E-state index in [1.165, 1.54) is 0 Å². The number of likely N-dealkylation sites (tertiary alicyclic amines) is 1. The lowest BCUT2D eigenvalue weighted by Gasteiger charge is -2.35. The zero-order chi connectivity index (χ0) is 24.7. The number of amides is 1. The number of rotatable bonds is 8. The van der Waals surface area contributed by atoms with Crippen LogP contribution in [0, 0.1) is 11.8 Å². The van der Waals surface area contributed by atoms with Gasteiger partial charge in [-0.25, -0.2) is 0 Å². The lowest BCUT2D eigenvalue weighted by atomic mass is 9.85. The molecule has 3 atom stereocenters. The molecule has 9 heteroatoms. The SMILES string of the molecule is CC(NC(=O)c1ccc(-c2ccccc2)cc1CN)C(CC1CCCN(/C(N)=N\O)C1)C(=O)O. The van der Waals surface area contributed by atoms with Crippen LogP contribution >= 0.6 is 0 Å². The van der Waals surface area contributed by atoms with Gasteiger partial charge in [-0.05, 0) is 60.9 Å².